The Morgan fingerprint density at radius 3 is 3.04 bits per heavy atom. The van der Waals surface area contributed by atoms with E-state index in [-0.39, 0.29) is 12.1 Å². The molecule has 1 saturated heterocycles. The standard InChI is InChI=1S/C19H23N9/c1-26-11-13(9-24-26)16-10-23-19-18(22-5-7-28(16)19)25-15-2-4-21-17(8-15)27-6-3-14(20)12-27/h2,4-5,7-9,11,14,16H,3,6,10,12,20H2,1H3,(H,21,22,25)/t14-,16?/m1/s1. The number of hydrogen-bond donors (Lipinski definition) is 2. The van der Waals surface area contributed by atoms with Crippen molar-refractivity contribution in [2.75, 3.05) is 29.9 Å². The van der Waals surface area contributed by atoms with Gasteiger partial charge in [0, 0.05) is 68.3 Å². The number of anilines is 2. The molecular weight excluding hydrogens is 354 g/mol. The van der Waals surface area contributed by atoms with Gasteiger partial charge in [-0.2, -0.15) is 5.10 Å². The molecule has 1 fully saturated rings. The molecular formula is C19H23N9. The van der Waals surface area contributed by atoms with Gasteiger partial charge in [-0.15, -0.1) is 0 Å². The van der Waals surface area contributed by atoms with Crippen molar-refractivity contribution in [1.82, 2.24) is 19.7 Å². The van der Waals surface area contributed by atoms with Gasteiger partial charge in [-0.3, -0.25) is 9.67 Å². The fourth-order valence-corrected chi connectivity index (χ4v) is 3.87. The number of nitrogens with two attached hydrogens (primary N) is 1. The van der Waals surface area contributed by atoms with Crippen molar-refractivity contribution in [2.45, 2.75) is 18.5 Å². The van der Waals surface area contributed by atoms with Crippen LogP contribution in [0.5, 0.6) is 0 Å². The van der Waals surface area contributed by atoms with Crippen molar-refractivity contribution >= 4 is 23.2 Å². The summed E-state index contributed by atoms with van der Waals surface area (Å²) in [5.74, 6) is 2.52. The molecule has 1 unspecified atom stereocenters. The Morgan fingerprint density at radius 2 is 2.25 bits per heavy atom. The Bertz CT molecular complexity index is 973. The lowest BCUT2D eigenvalue weighted by molar-refractivity contribution is 0.458. The van der Waals surface area contributed by atoms with Crippen LogP contribution < -0.4 is 16.0 Å². The summed E-state index contributed by atoms with van der Waals surface area (Å²) in [6, 6.07) is 4.35. The van der Waals surface area contributed by atoms with Gasteiger partial charge in [0.2, 0.25) is 0 Å². The maximum atomic E-state index is 6.03. The molecule has 9 nitrogen and oxygen atoms in total. The fourth-order valence-electron chi connectivity index (χ4n) is 3.87. The first-order valence-corrected chi connectivity index (χ1v) is 9.47. The lowest BCUT2D eigenvalue weighted by Gasteiger charge is -2.26. The number of amidine groups is 2. The Balaban J connectivity index is 1.34. The van der Waals surface area contributed by atoms with Crippen molar-refractivity contribution in [2.24, 2.45) is 22.8 Å². The zero-order valence-corrected chi connectivity index (χ0v) is 15.7. The zero-order valence-electron chi connectivity index (χ0n) is 15.7. The van der Waals surface area contributed by atoms with Crippen LogP contribution in [0.25, 0.3) is 0 Å². The largest absolute Gasteiger partial charge is 0.355 e. The molecule has 0 spiro atoms. The summed E-state index contributed by atoms with van der Waals surface area (Å²) >= 11 is 0. The van der Waals surface area contributed by atoms with E-state index in [9.17, 15) is 0 Å². The predicted octanol–water partition coefficient (Wildman–Crippen LogP) is 1.10. The molecule has 0 amide bonds. The molecule has 0 bridgehead atoms. The van der Waals surface area contributed by atoms with Crippen LogP contribution in [-0.4, -0.2) is 57.0 Å². The molecule has 2 aromatic rings. The molecule has 0 radical (unpaired) electrons. The average molecular weight is 377 g/mol. The number of rotatable bonds is 3. The summed E-state index contributed by atoms with van der Waals surface area (Å²) in [4.78, 5) is 18.1. The number of aromatic nitrogens is 3. The van der Waals surface area contributed by atoms with E-state index in [1.807, 2.05) is 48.7 Å². The van der Waals surface area contributed by atoms with Gasteiger partial charge in [0.1, 0.15) is 5.82 Å². The second kappa shape index (κ2) is 6.75. The smallest absolute Gasteiger partial charge is 0.173 e. The van der Waals surface area contributed by atoms with Crippen LogP contribution in [0.4, 0.5) is 11.5 Å². The molecule has 0 saturated carbocycles. The quantitative estimate of drug-likeness (QED) is 0.831. The lowest BCUT2D eigenvalue weighted by Crippen LogP contribution is -2.37. The summed E-state index contributed by atoms with van der Waals surface area (Å²) < 4.78 is 1.82. The first kappa shape index (κ1) is 16.9. The number of nitrogens with zero attached hydrogens (tertiary/aromatic N) is 7. The molecule has 5 rings (SSSR count). The molecule has 5 heterocycles. The van der Waals surface area contributed by atoms with Crippen LogP contribution >= 0.6 is 0 Å². The third-order valence-corrected chi connectivity index (χ3v) is 5.30. The van der Waals surface area contributed by atoms with Crippen LogP contribution in [-0.2, 0) is 7.05 Å². The van der Waals surface area contributed by atoms with E-state index >= 15 is 0 Å². The Morgan fingerprint density at radius 1 is 1.32 bits per heavy atom. The van der Waals surface area contributed by atoms with Gasteiger partial charge in [0.15, 0.2) is 11.7 Å². The first-order chi connectivity index (χ1) is 13.7. The molecule has 3 aliphatic rings. The number of nitrogens with one attached hydrogen (secondary N) is 1. The van der Waals surface area contributed by atoms with Gasteiger partial charge in [0.05, 0.1) is 18.8 Å². The van der Waals surface area contributed by atoms with E-state index in [4.69, 9.17) is 10.7 Å². The molecule has 0 aromatic carbocycles. The Hall–Kier alpha value is -3.20. The topological polar surface area (TPSA) is 100.0 Å². The number of aliphatic imine (C=N–C) groups is 2. The summed E-state index contributed by atoms with van der Waals surface area (Å²) in [5.41, 5.74) is 8.11. The molecule has 3 aliphatic heterocycles. The third-order valence-electron chi connectivity index (χ3n) is 5.30. The minimum atomic E-state index is 0.145. The Labute approximate surface area is 163 Å². The summed E-state index contributed by atoms with van der Waals surface area (Å²) in [6.07, 6.45) is 10.5. The van der Waals surface area contributed by atoms with Crippen molar-refractivity contribution in [3.05, 3.63) is 48.7 Å². The summed E-state index contributed by atoms with van der Waals surface area (Å²) in [7, 11) is 1.93. The highest BCUT2D eigenvalue weighted by molar-refractivity contribution is 6.45. The number of aryl methyl sites for hydroxylation is 1. The van der Waals surface area contributed by atoms with Crippen molar-refractivity contribution in [3.8, 4) is 0 Å². The maximum absolute atomic E-state index is 6.03. The number of hydrogen-bond acceptors (Lipinski definition) is 8. The highest BCUT2D eigenvalue weighted by Crippen LogP contribution is 2.29. The van der Waals surface area contributed by atoms with Crippen LogP contribution in [0.15, 0.2) is 53.1 Å². The maximum Gasteiger partial charge on any atom is 0.173 e. The molecule has 9 heteroatoms. The number of pyridine rings is 1. The number of fused-ring (bicyclic) bond motifs is 1. The average Bonchev–Trinajstić information content (AvgIpc) is 3.42. The minimum Gasteiger partial charge on any atom is -0.355 e. The normalized spacial score (nSPS) is 23.6. The minimum absolute atomic E-state index is 0.145. The predicted molar refractivity (Wildman–Crippen MR) is 109 cm³/mol. The van der Waals surface area contributed by atoms with Crippen molar-refractivity contribution in [1.29, 1.82) is 0 Å². The van der Waals surface area contributed by atoms with Crippen molar-refractivity contribution < 1.29 is 0 Å². The monoisotopic (exact) mass is 377 g/mol. The van der Waals surface area contributed by atoms with Gasteiger partial charge in [0.25, 0.3) is 0 Å². The van der Waals surface area contributed by atoms with E-state index in [2.05, 4.69) is 30.2 Å². The summed E-state index contributed by atoms with van der Waals surface area (Å²) in [6.45, 7) is 2.46. The van der Waals surface area contributed by atoms with Crippen LogP contribution in [0, 0.1) is 0 Å². The molecule has 2 atom stereocenters. The van der Waals surface area contributed by atoms with Crippen LogP contribution in [0.3, 0.4) is 0 Å². The van der Waals surface area contributed by atoms with E-state index in [0.717, 1.165) is 48.3 Å². The highest BCUT2D eigenvalue weighted by atomic mass is 15.3. The molecule has 144 valence electrons. The second-order valence-electron chi connectivity index (χ2n) is 7.33. The lowest BCUT2D eigenvalue weighted by atomic mass is 10.1. The van der Waals surface area contributed by atoms with E-state index in [1.54, 1.807) is 6.20 Å². The van der Waals surface area contributed by atoms with E-state index in [1.165, 1.54) is 0 Å². The third kappa shape index (κ3) is 3.03. The fraction of sp³-hybridized carbons (Fsp3) is 0.368. The first-order valence-electron chi connectivity index (χ1n) is 9.47. The van der Waals surface area contributed by atoms with E-state index < -0.39 is 0 Å². The molecule has 3 N–H and O–H groups in total. The highest BCUT2D eigenvalue weighted by Gasteiger charge is 2.33. The zero-order chi connectivity index (χ0) is 19.1. The molecule has 0 aliphatic carbocycles. The van der Waals surface area contributed by atoms with Crippen LogP contribution in [0.1, 0.15) is 18.0 Å². The van der Waals surface area contributed by atoms with E-state index in [0.29, 0.717) is 6.54 Å². The molecule has 28 heavy (non-hydrogen) atoms. The van der Waals surface area contributed by atoms with Crippen LogP contribution in [0.2, 0.25) is 0 Å². The Kier molecular flexibility index (Phi) is 4.09. The van der Waals surface area contributed by atoms with Gasteiger partial charge in [-0.05, 0) is 12.5 Å². The summed E-state index contributed by atoms with van der Waals surface area (Å²) in [5, 5.41) is 7.70. The van der Waals surface area contributed by atoms with Gasteiger partial charge >= 0.3 is 0 Å². The van der Waals surface area contributed by atoms with Gasteiger partial charge in [-0.25, -0.2) is 9.98 Å². The van der Waals surface area contributed by atoms with Crippen molar-refractivity contribution in [3.63, 3.8) is 0 Å². The van der Waals surface area contributed by atoms with Gasteiger partial charge < -0.3 is 20.9 Å². The molecule has 2 aromatic heterocycles. The SMILES string of the molecule is Cn1cc(C2CN=C3C(Nc4ccnc(N5CC[C@@H](N)C5)c4)=NC=CN32)cn1. The van der Waals surface area contributed by atoms with Gasteiger partial charge in [-0.1, -0.05) is 0 Å². The second-order valence-corrected chi connectivity index (χ2v) is 7.33.